The number of amides is 2. The van der Waals surface area contributed by atoms with Gasteiger partial charge < -0.3 is 15.5 Å². The summed E-state index contributed by atoms with van der Waals surface area (Å²) in [5.74, 6) is -0.386. The molecular weight excluding hydrogens is 404 g/mol. The Balaban J connectivity index is 1.68. The quantitative estimate of drug-likeness (QED) is 0.625. The standard InChI is InChI=1S/C21H26N4O4S/c1-15(26)23-17-8-9-20(24-30(2,28)29)19(12-17)21(27)22-13-16-10-11-25(14-16)18-6-4-3-5-7-18/h3-9,12,16,24H,10-11,13-14H2,1-2H3,(H,22,27)(H,23,26). The molecule has 0 bridgehead atoms. The van der Waals surface area contributed by atoms with Gasteiger partial charge in [0.1, 0.15) is 0 Å². The number of nitrogens with one attached hydrogen (secondary N) is 3. The third kappa shape index (κ3) is 5.96. The minimum Gasteiger partial charge on any atom is -0.371 e. The number of nitrogens with zero attached hydrogens (tertiary/aromatic N) is 1. The van der Waals surface area contributed by atoms with Crippen LogP contribution in [0, 0.1) is 5.92 Å². The molecule has 0 saturated carbocycles. The zero-order chi connectivity index (χ0) is 21.7. The van der Waals surface area contributed by atoms with Crippen molar-refractivity contribution in [3.05, 3.63) is 54.1 Å². The summed E-state index contributed by atoms with van der Waals surface area (Å²) in [7, 11) is -3.56. The van der Waals surface area contributed by atoms with Crippen molar-refractivity contribution < 1.29 is 18.0 Å². The fraction of sp³-hybridized carbons (Fsp3) is 0.333. The van der Waals surface area contributed by atoms with E-state index < -0.39 is 15.9 Å². The third-order valence-corrected chi connectivity index (χ3v) is 5.43. The lowest BCUT2D eigenvalue weighted by Crippen LogP contribution is -2.31. The Kier molecular flexibility index (Phi) is 6.61. The van der Waals surface area contributed by atoms with E-state index in [-0.39, 0.29) is 17.2 Å². The van der Waals surface area contributed by atoms with Crippen molar-refractivity contribution in [3.63, 3.8) is 0 Å². The fourth-order valence-corrected chi connectivity index (χ4v) is 4.08. The maximum Gasteiger partial charge on any atom is 0.253 e. The number of rotatable bonds is 7. The van der Waals surface area contributed by atoms with Crippen molar-refractivity contribution in [2.45, 2.75) is 13.3 Å². The van der Waals surface area contributed by atoms with Crippen LogP contribution in [-0.2, 0) is 14.8 Å². The van der Waals surface area contributed by atoms with Crippen molar-refractivity contribution in [2.75, 3.05) is 40.8 Å². The first-order chi connectivity index (χ1) is 14.2. The summed E-state index contributed by atoms with van der Waals surface area (Å²) in [5.41, 5.74) is 1.91. The van der Waals surface area contributed by atoms with Crippen LogP contribution in [0.4, 0.5) is 17.1 Å². The van der Waals surface area contributed by atoms with E-state index >= 15 is 0 Å². The predicted octanol–water partition coefficient (Wildman–Crippen LogP) is 2.27. The highest BCUT2D eigenvalue weighted by Gasteiger charge is 2.24. The van der Waals surface area contributed by atoms with Gasteiger partial charge in [0.25, 0.3) is 5.91 Å². The van der Waals surface area contributed by atoms with Gasteiger partial charge in [0.05, 0.1) is 17.5 Å². The second-order valence-electron chi connectivity index (χ2n) is 7.46. The maximum absolute atomic E-state index is 12.8. The van der Waals surface area contributed by atoms with Gasteiger partial charge in [0.15, 0.2) is 0 Å². The maximum atomic E-state index is 12.8. The number of sulfonamides is 1. The molecule has 160 valence electrons. The number of hydrogen-bond donors (Lipinski definition) is 3. The Bertz CT molecular complexity index is 1020. The Morgan fingerprint density at radius 1 is 1.13 bits per heavy atom. The van der Waals surface area contributed by atoms with E-state index in [2.05, 4.69) is 32.4 Å². The highest BCUT2D eigenvalue weighted by Crippen LogP contribution is 2.24. The van der Waals surface area contributed by atoms with Crippen LogP contribution in [0.2, 0.25) is 0 Å². The molecule has 1 saturated heterocycles. The van der Waals surface area contributed by atoms with Gasteiger partial charge in [0, 0.05) is 37.9 Å². The zero-order valence-corrected chi connectivity index (χ0v) is 17.8. The highest BCUT2D eigenvalue weighted by atomic mass is 32.2. The van der Waals surface area contributed by atoms with Crippen LogP contribution in [0.5, 0.6) is 0 Å². The smallest absolute Gasteiger partial charge is 0.253 e. The van der Waals surface area contributed by atoms with Crippen molar-refractivity contribution in [1.29, 1.82) is 0 Å². The molecule has 1 aliphatic rings. The van der Waals surface area contributed by atoms with Gasteiger partial charge in [-0.05, 0) is 42.7 Å². The molecule has 3 N–H and O–H groups in total. The van der Waals surface area contributed by atoms with E-state index in [0.717, 1.165) is 31.5 Å². The zero-order valence-electron chi connectivity index (χ0n) is 17.0. The van der Waals surface area contributed by atoms with Gasteiger partial charge in [-0.3, -0.25) is 14.3 Å². The Morgan fingerprint density at radius 2 is 1.87 bits per heavy atom. The summed E-state index contributed by atoms with van der Waals surface area (Å²) in [6.45, 7) is 3.60. The molecule has 2 aromatic rings. The second kappa shape index (κ2) is 9.17. The first kappa shape index (κ1) is 21.6. The molecule has 0 aliphatic carbocycles. The predicted molar refractivity (Wildman–Crippen MR) is 118 cm³/mol. The first-order valence-corrected chi connectivity index (χ1v) is 11.6. The van der Waals surface area contributed by atoms with Crippen molar-refractivity contribution in [3.8, 4) is 0 Å². The lowest BCUT2D eigenvalue weighted by Gasteiger charge is -2.19. The summed E-state index contributed by atoms with van der Waals surface area (Å²) in [5, 5.41) is 5.51. The Hall–Kier alpha value is -3.07. The van der Waals surface area contributed by atoms with Crippen LogP contribution in [0.25, 0.3) is 0 Å². The van der Waals surface area contributed by atoms with Crippen LogP contribution < -0.4 is 20.3 Å². The monoisotopic (exact) mass is 430 g/mol. The molecule has 8 nitrogen and oxygen atoms in total. The van der Waals surface area contributed by atoms with Crippen LogP contribution in [0.3, 0.4) is 0 Å². The molecule has 0 spiro atoms. The van der Waals surface area contributed by atoms with Gasteiger partial charge in [-0.2, -0.15) is 0 Å². The molecular formula is C21H26N4O4S. The van der Waals surface area contributed by atoms with E-state index in [9.17, 15) is 18.0 Å². The summed E-state index contributed by atoms with van der Waals surface area (Å²) in [6.07, 6.45) is 1.97. The molecule has 2 aromatic carbocycles. The van der Waals surface area contributed by atoms with Gasteiger partial charge in [0.2, 0.25) is 15.9 Å². The van der Waals surface area contributed by atoms with E-state index in [1.165, 1.54) is 19.1 Å². The van der Waals surface area contributed by atoms with E-state index in [1.54, 1.807) is 6.07 Å². The first-order valence-electron chi connectivity index (χ1n) is 9.69. The number of hydrogen-bond acceptors (Lipinski definition) is 5. The number of carbonyl (C=O) groups excluding carboxylic acids is 2. The minimum atomic E-state index is -3.56. The number of carbonyl (C=O) groups is 2. The normalized spacial score (nSPS) is 16.2. The molecule has 30 heavy (non-hydrogen) atoms. The molecule has 1 aliphatic heterocycles. The molecule has 1 fully saturated rings. The van der Waals surface area contributed by atoms with Crippen molar-refractivity contribution in [2.24, 2.45) is 5.92 Å². The summed E-state index contributed by atoms with van der Waals surface area (Å²) < 4.78 is 25.7. The van der Waals surface area contributed by atoms with Crippen LogP contribution in [0.15, 0.2) is 48.5 Å². The van der Waals surface area contributed by atoms with Crippen molar-refractivity contribution in [1.82, 2.24) is 5.32 Å². The second-order valence-corrected chi connectivity index (χ2v) is 9.21. The minimum absolute atomic E-state index is 0.157. The molecule has 1 atom stereocenters. The molecule has 2 amide bonds. The summed E-state index contributed by atoms with van der Waals surface area (Å²) in [4.78, 5) is 26.4. The molecule has 1 heterocycles. The van der Waals surface area contributed by atoms with Gasteiger partial charge in [-0.1, -0.05) is 18.2 Å². The Morgan fingerprint density at radius 3 is 2.53 bits per heavy atom. The molecule has 3 rings (SSSR count). The fourth-order valence-electron chi connectivity index (χ4n) is 3.51. The molecule has 9 heteroatoms. The molecule has 0 radical (unpaired) electrons. The lowest BCUT2D eigenvalue weighted by molar-refractivity contribution is -0.114. The Labute approximate surface area is 176 Å². The largest absolute Gasteiger partial charge is 0.371 e. The SMILES string of the molecule is CC(=O)Nc1ccc(NS(C)(=O)=O)c(C(=O)NCC2CCN(c3ccccc3)C2)c1. The van der Waals surface area contributed by atoms with E-state index in [4.69, 9.17) is 0 Å². The lowest BCUT2D eigenvalue weighted by atomic mass is 10.1. The van der Waals surface area contributed by atoms with E-state index in [1.807, 2.05) is 18.2 Å². The average Bonchev–Trinajstić information content (AvgIpc) is 3.15. The number of anilines is 3. The highest BCUT2D eigenvalue weighted by molar-refractivity contribution is 7.92. The number of para-hydroxylation sites is 1. The van der Waals surface area contributed by atoms with Crippen LogP contribution in [0.1, 0.15) is 23.7 Å². The van der Waals surface area contributed by atoms with Gasteiger partial charge >= 0.3 is 0 Å². The van der Waals surface area contributed by atoms with Crippen LogP contribution >= 0.6 is 0 Å². The van der Waals surface area contributed by atoms with E-state index in [0.29, 0.717) is 18.2 Å². The number of benzene rings is 2. The van der Waals surface area contributed by atoms with Crippen molar-refractivity contribution >= 4 is 38.9 Å². The summed E-state index contributed by atoms with van der Waals surface area (Å²) >= 11 is 0. The molecule has 1 unspecified atom stereocenters. The third-order valence-electron chi connectivity index (χ3n) is 4.84. The van der Waals surface area contributed by atoms with Crippen LogP contribution in [-0.4, -0.2) is 46.1 Å². The average molecular weight is 431 g/mol. The summed E-state index contributed by atoms with van der Waals surface area (Å²) in [6, 6.07) is 14.6. The van der Waals surface area contributed by atoms with Gasteiger partial charge in [-0.25, -0.2) is 8.42 Å². The van der Waals surface area contributed by atoms with Gasteiger partial charge in [-0.15, -0.1) is 0 Å². The molecule has 0 aromatic heterocycles. The topological polar surface area (TPSA) is 108 Å².